The lowest BCUT2D eigenvalue weighted by molar-refractivity contribution is -0.136. The van der Waals surface area contributed by atoms with Crippen LogP contribution in [-0.2, 0) is 28.8 Å². The number of unbranched alkanes of at least 4 members (excludes halogenated alkanes) is 1. The molecule has 2 saturated heterocycles. The minimum atomic E-state index is -0.798. The molecule has 4 atom stereocenters. The molecular formula is C30H33ClN2O5. The van der Waals surface area contributed by atoms with Crippen LogP contribution in [0.2, 0.25) is 5.02 Å². The van der Waals surface area contributed by atoms with Crippen molar-refractivity contribution >= 4 is 23.5 Å². The summed E-state index contributed by atoms with van der Waals surface area (Å²) in [5, 5.41) is 12.8. The van der Waals surface area contributed by atoms with Gasteiger partial charge in [0.15, 0.2) is 5.69 Å². The highest BCUT2D eigenvalue weighted by atomic mass is 35.5. The summed E-state index contributed by atoms with van der Waals surface area (Å²) in [5.74, 6) is -0.332. The van der Waals surface area contributed by atoms with Crippen LogP contribution >= 0.6 is 11.6 Å². The summed E-state index contributed by atoms with van der Waals surface area (Å²) in [6, 6.07) is 15.9. The van der Waals surface area contributed by atoms with E-state index in [0.29, 0.717) is 24.6 Å². The molecule has 2 bridgehead atoms. The Balaban J connectivity index is 1.18. The van der Waals surface area contributed by atoms with Crippen LogP contribution in [0.4, 0.5) is 0 Å². The van der Waals surface area contributed by atoms with Crippen LogP contribution in [-0.4, -0.2) is 40.7 Å². The molecule has 0 saturated carbocycles. The lowest BCUT2D eigenvalue weighted by Gasteiger charge is -2.26. The molecule has 2 aromatic carbocycles. The normalized spacial score (nSPS) is 22.0. The number of nitrogens with one attached hydrogen (secondary N) is 1. The lowest BCUT2D eigenvalue weighted by atomic mass is 9.75. The summed E-state index contributed by atoms with van der Waals surface area (Å²) >= 11 is 5.94. The van der Waals surface area contributed by atoms with Crippen molar-refractivity contribution in [1.82, 2.24) is 10.3 Å². The molecule has 0 unspecified atom stereocenters. The molecule has 5 rings (SSSR count). The number of carbonyl (C=O) groups excluding carboxylic acids is 1. The minimum absolute atomic E-state index is 0.0257. The van der Waals surface area contributed by atoms with E-state index in [2.05, 4.69) is 16.4 Å². The molecule has 2 aliphatic heterocycles. The van der Waals surface area contributed by atoms with Gasteiger partial charge in [0.25, 0.3) is 5.91 Å². The Morgan fingerprint density at radius 2 is 1.76 bits per heavy atom. The SMILES string of the molecule is O=C(O)CCc1ccccc1C[C@@H]1[C@H](c2nc(C(=O)NCCCCc3ccc(Cl)cc3)co2)[C@H]2CC[C@@H]1O2. The molecule has 200 valence electrons. The van der Waals surface area contributed by atoms with E-state index in [4.69, 9.17) is 25.9 Å². The van der Waals surface area contributed by atoms with Crippen LogP contribution < -0.4 is 5.32 Å². The van der Waals surface area contributed by atoms with Crippen LogP contribution in [0, 0.1) is 5.92 Å². The van der Waals surface area contributed by atoms with Gasteiger partial charge in [0.05, 0.1) is 18.1 Å². The molecular weight excluding hydrogens is 504 g/mol. The Hall–Kier alpha value is -3.16. The maximum Gasteiger partial charge on any atom is 0.303 e. The number of carboxylic acids is 1. The highest BCUT2D eigenvalue weighted by Gasteiger charge is 2.51. The van der Waals surface area contributed by atoms with Crippen molar-refractivity contribution < 1.29 is 23.8 Å². The van der Waals surface area contributed by atoms with E-state index in [1.165, 1.54) is 11.8 Å². The smallest absolute Gasteiger partial charge is 0.303 e. The van der Waals surface area contributed by atoms with E-state index in [0.717, 1.165) is 54.7 Å². The van der Waals surface area contributed by atoms with Gasteiger partial charge in [-0.2, -0.15) is 0 Å². The number of carboxylic acid groups (broad SMARTS) is 1. The predicted molar refractivity (Wildman–Crippen MR) is 143 cm³/mol. The van der Waals surface area contributed by atoms with Crippen LogP contribution in [0.3, 0.4) is 0 Å². The fourth-order valence-electron chi connectivity index (χ4n) is 5.81. The zero-order valence-corrected chi connectivity index (χ0v) is 22.0. The number of halogens is 1. The molecule has 1 amide bonds. The summed E-state index contributed by atoms with van der Waals surface area (Å²) in [6.07, 6.45) is 7.66. The number of benzene rings is 2. The number of aliphatic carboxylic acids is 1. The monoisotopic (exact) mass is 536 g/mol. The van der Waals surface area contributed by atoms with Crippen molar-refractivity contribution in [3.63, 3.8) is 0 Å². The molecule has 1 aromatic heterocycles. The molecule has 3 aromatic rings. The van der Waals surface area contributed by atoms with Gasteiger partial charge in [-0.05, 0) is 73.8 Å². The fraction of sp³-hybridized carbons (Fsp3) is 0.433. The molecule has 3 heterocycles. The van der Waals surface area contributed by atoms with Gasteiger partial charge in [-0.1, -0.05) is 48.0 Å². The first-order chi connectivity index (χ1) is 18.5. The maximum atomic E-state index is 12.7. The van der Waals surface area contributed by atoms with Gasteiger partial charge in [-0.3, -0.25) is 9.59 Å². The Morgan fingerprint density at radius 1 is 1.00 bits per heavy atom. The topological polar surface area (TPSA) is 102 Å². The Morgan fingerprint density at radius 3 is 2.55 bits per heavy atom. The molecule has 0 aliphatic carbocycles. The number of aromatic nitrogens is 1. The van der Waals surface area contributed by atoms with E-state index in [1.807, 2.05) is 42.5 Å². The molecule has 8 heteroatoms. The number of carbonyl (C=O) groups is 2. The van der Waals surface area contributed by atoms with Crippen molar-refractivity contribution in [1.29, 1.82) is 0 Å². The van der Waals surface area contributed by atoms with Crippen molar-refractivity contribution in [2.75, 3.05) is 6.54 Å². The minimum Gasteiger partial charge on any atom is -0.481 e. The number of rotatable bonds is 12. The number of hydrogen-bond acceptors (Lipinski definition) is 5. The molecule has 0 radical (unpaired) electrons. The Labute approximate surface area is 227 Å². The van der Waals surface area contributed by atoms with Crippen molar-refractivity contribution in [2.45, 2.75) is 69.5 Å². The van der Waals surface area contributed by atoms with Gasteiger partial charge >= 0.3 is 5.97 Å². The third-order valence-electron chi connectivity index (χ3n) is 7.74. The van der Waals surface area contributed by atoms with Gasteiger partial charge in [0.2, 0.25) is 5.89 Å². The average molecular weight is 537 g/mol. The van der Waals surface area contributed by atoms with E-state index < -0.39 is 5.97 Å². The van der Waals surface area contributed by atoms with Crippen LogP contribution in [0.1, 0.15) is 71.1 Å². The molecule has 0 spiro atoms. The van der Waals surface area contributed by atoms with E-state index in [1.54, 1.807) is 0 Å². The van der Waals surface area contributed by atoms with E-state index >= 15 is 0 Å². The molecule has 7 nitrogen and oxygen atoms in total. The number of oxazole rings is 1. The molecule has 2 aliphatic rings. The average Bonchev–Trinajstić information content (AvgIpc) is 3.66. The highest BCUT2D eigenvalue weighted by molar-refractivity contribution is 6.30. The Bertz CT molecular complexity index is 1260. The van der Waals surface area contributed by atoms with Crippen LogP contribution in [0.5, 0.6) is 0 Å². The van der Waals surface area contributed by atoms with Crippen molar-refractivity contribution in [2.24, 2.45) is 5.92 Å². The number of hydrogen-bond donors (Lipinski definition) is 2. The number of ether oxygens (including phenoxy) is 1. The largest absolute Gasteiger partial charge is 0.481 e. The van der Waals surface area contributed by atoms with Gasteiger partial charge in [-0.15, -0.1) is 0 Å². The van der Waals surface area contributed by atoms with Crippen LogP contribution in [0.25, 0.3) is 0 Å². The van der Waals surface area contributed by atoms with Crippen molar-refractivity contribution in [3.05, 3.63) is 88.1 Å². The summed E-state index contributed by atoms with van der Waals surface area (Å²) < 4.78 is 12.1. The quantitative estimate of drug-likeness (QED) is 0.292. The predicted octanol–water partition coefficient (Wildman–Crippen LogP) is 5.60. The second-order valence-electron chi connectivity index (χ2n) is 10.3. The van der Waals surface area contributed by atoms with Crippen molar-refractivity contribution in [3.8, 4) is 0 Å². The summed E-state index contributed by atoms with van der Waals surface area (Å²) in [6.45, 7) is 0.571. The second-order valence-corrected chi connectivity index (χ2v) is 10.7. The van der Waals surface area contributed by atoms with Gasteiger partial charge in [0, 0.05) is 23.9 Å². The summed E-state index contributed by atoms with van der Waals surface area (Å²) in [7, 11) is 0. The van der Waals surface area contributed by atoms with E-state index in [9.17, 15) is 9.59 Å². The second kappa shape index (κ2) is 12.1. The third-order valence-corrected chi connectivity index (χ3v) is 7.99. The number of fused-ring (bicyclic) bond motifs is 2. The molecule has 38 heavy (non-hydrogen) atoms. The fourth-order valence-corrected chi connectivity index (χ4v) is 5.94. The Kier molecular flexibility index (Phi) is 8.45. The number of nitrogens with zero attached hydrogens (tertiary/aromatic N) is 1. The standard InChI is InChI=1S/C30H33ClN2O5/c31-22-11-8-19(9-12-22)5-3-4-16-32-29(36)24-18-37-30(33-24)28-23(25-13-14-26(28)38-25)17-21-7-2-1-6-20(21)10-15-27(34)35/h1-2,6-9,11-12,18,23,25-26,28H,3-5,10,13-17H2,(H,32,36)(H,34,35)/t23-,25-,26+,28-/m0/s1. The molecule has 2 fully saturated rings. The third kappa shape index (κ3) is 6.27. The first kappa shape index (κ1) is 26.4. The van der Waals surface area contributed by atoms with Gasteiger partial charge < -0.3 is 19.6 Å². The number of amides is 1. The zero-order valence-electron chi connectivity index (χ0n) is 21.3. The van der Waals surface area contributed by atoms with E-state index in [-0.39, 0.29) is 36.4 Å². The first-order valence-electron chi connectivity index (χ1n) is 13.4. The van der Waals surface area contributed by atoms with Crippen LogP contribution in [0.15, 0.2) is 59.2 Å². The zero-order chi connectivity index (χ0) is 26.5. The lowest BCUT2D eigenvalue weighted by Crippen LogP contribution is -2.28. The molecule has 2 N–H and O–H groups in total. The van der Waals surface area contributed by atoms with Gasteiger partial charge in [0.1, 0.15) is 6.26 Å². The first-order valence-corrected chi connectivity index (χ1v) is 13.8. The summed E-state index contributed by atoms with van der Waals surface area (Å²) in [4.78, 5) is 28.4. The highest BCUT2D eigenvalue weighted by Crippen LogP contribution is 2.50. The summed E-state index contributed by atoms with van der Waals surface area (Å²) in [5.41, 5.74) is 3.72. The maximum absolute atomic E-state index is 12.7. The van der Waals surface area contributed by atoms with Gasteiger partial charge in [-0.25, -0.2) is 4.98 Å². The number of aryl methyl sites for hydroxylation is 2.